The fraction of sp³-hybridized carbons (Fsp3) is 0.0870. The Morgan fingerprint density at radius 1 is 0.396 bits per heavy atom. The molecule has 0 saturated heterocycles. The van der Waals surface area contributed by atoms with Gasteiger partial charge in [-0.15, -0.1) is 34.4 Å². The summed E-state index contributed by atoms with van der Waals surface area (Å²) in [7, 11) is 0. The van der Waals surface area contributed by atoms with Gasteiger partial charge < -0.3 is 9.13 Å². The molecule has 1 radical (unpaired) electrons. The molecule has 4 heterocycles. The monoisotopic (exact) mass is 863 g/mol. The first-order chi connectivity index (χ1) is 25.7. The van der Waals surface area contributed by atoms with E-state index in [9.17, 15) is 0 Å². The molecule has 10 aromatic rings. The van der Waals surface area contributed by atoms with E-state index in [1.54, 1.807) is 0 Å². The third kappa shape index (κ3) is 7.36. The van der Waals surface area contributed by atoms with Crippen LogP contribution in [0.3, 0.4) is 0 Å². The molecule has 0 unspecified atom stereocenters. The van der Waals surface area contributed by atoms with Gasteiger partial charge in [0, 0.05) is 57.1 Å². The predicted molar refractivity (Wildman–Crippen MR) is 208 cm³/mol. The van der Waals surface area contributed by atoms with E-state index in [0.717, 1.165) is 56.8 Å². The molecule has 0 amide bonds. The van der Waals surface area contributed by atoms with Gasteiger partial charge >= 0.3 is 0 Å². The van der Waals surface area contributed by atoms with E-state index < -0.39 is 0 Å². The molecular weight excluding hydrogens is 829 g/mol. The van der Waals surface area contributed by atoms with E-state index in [1.165, 1.54) is 22.2 Å². The zero-order valence-corrected chi connectivity index (χ0v) is 31.3. The number of para-hydroxylation sites is 4. The Bertz CT molecular complexity index is 2410. The van der Waals surface area contributed by atoms with Gasteiger partial charge in [-0.05, 0) is 12.1 Å². The second-order valence-electron chi connectivity index (χ2n) is 13.0. The van der Waals surface area contributed by atoms with E-state index in [-0.39, 0.29) is 20.1 Å². The summed E-state index contributed by atoms with van der Waals surface area (Å²) in [5.41, 5.74) is 9.29. The first kappa shape index (κ1) is 34.1. The molecule has 7 heteroatoms. The topological polar surface area (TPSA) is 45.5 Å². The summed E-state index contributed by atoms with van der Waals surface area (Å²) in [6, 6.07) is 59.7. The average molecular weight is 863 g/mol. The number of nitrogens with zero attached hydrogens (tertiary/aromatic N) is 6. The molecule has 6 nitrogen and oxygen atoms in total. The minimum absolute atomic E-state index is 0. The fourth-order valence-corrected chi connectivity index (χ4v) is 6.89. The molecule has 0 N–H and O–H groups in total. The zero-order chi connectivity index (χ0) is 34.7. The Balaban J connectivity index is 0.000000148. The molecule has 0 atom stereocenters. The summed E-state index contributed by atoms with van der Waals surface area (Å²) in [6.45, 7) is 3.02. The van der Waals surface area contributed by atoms with Crippen molar-refractivity contribution in [2.24, 2.45) is 0 Å². The number of fused-ring (bicyclic) bond motifs is 4. The Kier molecular flexibility index (Phi) is 9.85. The minimum Gasteiger partial charge on any atom is -0.409 e. The Labute approximate surface area is 321 Å². The standard InChI is InChI=1S/C24H17N2.C22H17N4.Ir/c1-3-10-23-21(8-1)12-14-25(23)17-19-6-5-7-20(16-19)18-26-15-13-22-9-2-4-11-24(22)26;1-3-10-21-19(8-1)13-23-25(21)15-17-6-5-7-18(12-17)16-26-22-11-4-2-9-20(22)14-24-26;/h1-11,14-15H,17-18H2;1-11,13-14H,15-16H2;/q-3;-1;. The van der Waals surface area contributed by atoms with Gasteiger partial charge in [-0.2, -0.15) is 93.8 Å². The van der Waals surface area contributed by atoms with Gasteiger partial charge in [-0.25, -0.2) is 0 Å². The third-order valence-corrected chi connectivity index (χ3v) is 9.43. The molecule has 261 valence electrons. The summed E-state index contributed by atoms with van der Waals surface area (Å²) >= 11 is 0. The van der Waals surface area contributed by atoms with Crippen molar-refractivity contribution in [1.82, 2.24) is 28.7 Å². The van der Waals surface area contributed by atoms with E-state index >= 15 is 0 Å². The van der Waals surface area contributed by atoms with Crippen LogP contribution in [0.1, 0.15) is 22.3 Å². The third-order valence-electron chi connectivity index (χ3n) is 9.43. The molecule has 0 aliphatic carbocycles. The molecular formula is C46H34IrN6-4. The zero-order valence-electron chi connectivity index (χ0n) is 28.9. The molecule has 0 aliphatic rings. The summed E-state index contributed by atoms with van der Waals surface area (Å²) in [5, 5.41) is 13.7. The van der Waals surface area contributed by atoms with Gasteiger partial charge in [-0.1, -0.05) is 84.1 Å². The smallest absolute Gasteiger partial charge is 0.0685 e. The van der Waals surface area contributed by atoms with E-state index in [2.05, 4.69) is 141 Å². The molecule has 0 saturated carbocycles. The van der Waals surface area contributed by atoms with Crippen molar-refractivity contribution in [2.75, 3.05) is 0 Å². The summed E-state index contributed by atoms with van der Waals surface area (Å²) < 4.78 is 8.50. The van der Waals surface area contributed by atoms with Crippen LogP contribution in [0.5, 0.6) is 0 Å². The van der Waals surface area contributed by atoms with Crippen molar-refractivity contribution in [3.63, 3.8) is 0 Å². The SMILES string of the molecule is [Ir].[c-]1c(Cn2c[c-]c3ccccc32)cccc1Cn1c[c-]c2ccccc21.[c-]1c(Cn2ncc3ccccc32)cccc1Cn1ncc2ccccc21. The van der Waals surface area contributed by atoms with Crippen LogP contribution in [0.25, 0.3) is 43.6 Å². The summed E-state index contributed by atoms with van der Waals surface area (Å²) in [6.07, 6.45) is 7.88. The van der Waals surface area contributed by atoms with Crippen LogP contribution in [-0.4, -0.2) is 28.7 Å². The Morgan fingerprint density at radius 3 is 1.23 bits per heavy atom. The van der Waals surface area contributed by atoms with Crippen molar-refractivity contribution < 1.29 is 20.1 Å². The summed E-state index contributed by atoms with van der Waals surface area (Å²) in [4.78, 5) is 0. The van der Waals surface area contributed by atoms with Crippen molar-refractivity contribution in [3.05, 3.63) is 205 Å². The molecule has 0 aliphatic heterocycles. The van der Waals surface area contributed by atoms with Gasteiger partial charge in [0.05, 0.1) is 23.4 Å². The second-order valence-corrected chi connectivity index (χ2v) is 13.0. The fourth-order valence-electron chi connectivity index (χ4n) is 6.89. The molecule has 0 spiro atoms. The quantitative estimate of drug-likeness (QED) is 0.143. The van der Waals surface area contributed by atoms with Gasteiger partial charge in [0.2, 0.25) is 0 Å². The van der Waals surface area contributed by atoms with Crippen molar-refractivity contribution in [1.29, 1.82) is 0 Å². The number of hydrogen-bond donors (Lipinski definition) is 0. The molecule has 53 heavy (non-hydrogen) atoms. The maximum absolute atomic E-state index is 4.52. The normalized spacial score (nSPS) is 11.2. The maximum atomic E-state index is 4.52. The van der Waals surface area contributed by atoms with Crippen LogP contribution in [0.4, 0.5) is 0 Å². The second kappa shape index (κ2) is 15.3. The van der Waals surface area contributed by atoms with E-state index in [0.29, 0.717) is 13.1 Å². The van der Waals surface area contributed by atoms with Crippen LogP contribution in [0.15, 0.2) is 158 Å². The minimum atomic E-state index is 0. The van der Waals surface area contributed by atoms with Gasteiger partial charge in [0.15, 0.2) is 0 Å². The number of aromatic nitrogens is 6. The number of rotatable bonds is 8. The molecule has 0 bridgehead atoms. The molecule has 4 aromatic heterocycles. The molecule has 6 aromatic carbocycles. The number of benzene rings is 6. The van der Waals surface area contributed by atoms with E-state index in [4.69, 9.17) is 0 Å². The van der Waals surface area contributed by atoms with Gasteiger partial charge in [0.1, 0.15) is 0 Å². The Morgan fingerprint density at radius 2 is 0.774 bits per heavy atom. The summed E-state index contributed by atoms with van der Waals surface area (Å²) in [5.74, 6) is 0. The van der Waals surface area contributed by atoms with Gasteiger partial charge in [0.25, 0.3) is 0 Å². The predicted octanol–water partition coefficient (Wildman–Crippen LogP) is 9.37. The van der Waals surface area contributed by atoms with Crippen LogP contribution < -0.4 is 0 Å². The van der Waals surface area contributed by atoms with Crippen molar-refractivity contribution >= 4 is 43.6 Å². The van der Waals surface area contributed by atoms with Crippen molar-refractivity contribution in [3.8, 4) is 0 Å². The van der Waals surface area contributed by atoms with Crippen LogP contribution in [0, 0.1) is 24.3 Å². The first-order valence-electron chi connectivity index (χ1n) is 17.5. The van der Waals surface area contributed by atoms with E-state index in [1.807, 2.05) is 70.5 Å². The van der Waals surface area contributed by atoms with Crippen molar-refractivity contribution in [2.45, 2.75) is 26.2 Å². The molecule has 0 fully saturated rings. The van der Waals surface area contributed by atoms with Crippen LogP contribution in [0.2, 0.25) is 0 Å². The molecule has 10 rings (SSSR count). The van der Waals surface area contributed by atoms with Crippen LogP contribution >= 0.6 is 0 Å². The van der Waals surface area contributed by atoms with Gasteiger partial charge in [-0.3, -0.25) is 9.36 Å². The number of hydrogen-bond acceptors (Lipinski definition) is 2. The largest absolute Gasteiger partial charge is 0.409 e. The van der Waals surface area contributed by atoms with Crippen LogP contribution in [-0.2, 0) is 46.3 Å². The maximum Gasteiger partial charge on any atom is 0.0685 e. The average Bonchev–Trinajstić information content (AvgIpc) is 3.99. The first-order valence-corrected chi connectivity index (χ1v) is 17.5. The Hall–Kier alpha value is -6.01.